The summed E-state index contributed by atoms with van der Waals surface area (Å²) in [4.78, 5) is 0. The molecule has 0 atom stereocenters. The van der Waals surface area contributed by atoms with Gasteiger partial charge in [-0.1, -0.05) is 11.6 Å². The van der Waals surface area contributed by atoms with E-state index in [0.29, 0.717) is 5.02 Å². The van der Waals surface area contributed by atoms with Crippen molar-refractivity contribution in [3.63, 3.8) is 0 Å². The molecule has 0 unspecified atom stereocenters. The molecule has 0 aliphatic carbocycles. The predicted octanol–water partition coefficient (Wildman–Crippen LogP) is 3.03. The van der Waals surface area contributed by atoms with Gasteiger partial charge in [0, 0.05) is 11.1 Å². The van der Waals surface area contributed by atoms with Crippen molar-refractivity contribution in [2.75, 3.05) is 7.11 Å². The van der Waals surface area contributed by atoms with Gasteiger partial charge in [-0.3, -0.25) is 0 Å². The zero-order valence-corrected chi connectivity index (χ0v) is 10.1. The molecule has 0 amide bonds. The van der Waals surface area contributed by atoms with Crippen molar-refractivity contribution in [2.24, 2.45) is 0 Å². The number of halogens is 2. The van der Waals surface area contributed by atoms with Gasteiger partial charge in [0.05, 0.1) is 10.7 Å². The average Bonchev–Trinajstić information content (AvgIpc) is 2.43. The Balaban J connectivity index is 2.57. The SMILES string of the molecule is COc1cc(Cl)cc2c1OC(C)=I2. The summed E-state index contributed by atoms with van der Waals surface area (Å²) in [5, 5.41) is 0.716. The molecule has 0 radical (unpaired) electrons. The summed E-state index contributed by atoms with van der Waals surface area (Å²) < 4.78 is 13.0. The van der Waals surface area contributed by atoms with Gasteiger partial charge in [0.2, 0.25) is 0 Å². The second-order valence-electron chi connectivity index (χ2n) is 2.59. The Kier molecular flexibility index (Phi) is 2.47. The fourth-order valence-electron chi connectivity index (χ4n) is 1.16. The van der Waals surface area contributed by atoms with Gasteiger partial charge in [-0.15, -0.1) is 0 Å². The number of benzene rings is 1. The van der Waals surface area contributed by atoms with Gasteiger partial charge in [-0.05, 0) is 33.7 Å². The molecule has 0 aromatic heterocycles. The third-order valence-electron chi connectivity index (χ3n) is 1.67. The summed E-state index contributed by atoms with van der Waals surface area (Å²) in [6.07, 6.45) is 0. The van der Waals surface area contributed by atoms with Crippen LogP contribution in [0.2, 0.25) is 5.02 Å². The van der Waals surface area contributed by atoms with Gasteiger partial charge in [-0.2, -0.15) is 0 Å². The predicted molar refractivity (Wildman–Crippen MR) is 62.0 cm³/mol. The van der Waals surface area contributed by atoms with E-state index in [1.165, 1.54) is 3.57 Å². The highest BCUT2D eigenvalue weighted by atomic mass is 127. The minimum absolute atomic E-state index is 0.150. The quantitative estimate of drug-likeness (QED) is 0.742. The number of hydrogen-bond acceptors (Lipinski definition) is 2. The first-order valence-corrected chi connectivity index (χ1v) is 6.28. The molecule has 1 heterocycles. The molecule has 1 aliphatic heterocycles. The summed E-state index contributed by atoms with van der Waals surface area (Å²) in [7, 11) is 1.63. The molecule has 2 nitrogen and oxygen atoms in total. The molecule has 0 N–H and O–H groups in total. The van der Waals surface area contributed by atoms with E-state index >= 15 is 0 Å². The van der Waals surface area contributed by atoms with Crippen molar-refractivity contribution in [2.45, 2.75) is 6.92 Å². The highest BCUT2D eigenvalue weighted by Gasteiger charge is 2.18. The fraction of sp³-hybridized carbons (Fsp3) is 0.222. The lowest BCUT2D eigenvalue weighted by molar-refractivity contribution is 0.392. The Morgan fingerprint density at radius 1 is 1.46 bits per heavy atom. The second kappa shape index (κ2) is 3.46. The molecule has 0 fully saturated rings. The summed E-state index contributed by atoms with van der Waals surface area (Å²) in [5.74, 6) is 1.59. The highest BCUT2D eigenvalue weighted by Crippen LogP contribution is 2.41. The van der Waals surface area contributed by atoms with Crippen molar-refractivity contribution in [1.29, 1.82) is 0 Å². The lowest BCUT2D eigenvalue weighted by Crippen LogP contribution is -1.97. The smallest absolute Gasteiger partial charge is 0.182 e. The summed E-state index contributed by atoms with van der Waals surface area (Å²) >= 11 is 5.78. The maximum absolute atomic E-state index is 5.93. The van der Waals surface area contributed by atoms with Crippen LogP contribution in [0, 0.1) is 3.57 Å². The molecular weight excluding hydrogens is 302 g/mol. The summed E-state index contributed by atoms with van der Waals surface area (Å²) in [6.45, 7) is 2.00. The lowest BCUT2D eigenvalue weighted by Gasteiger charge is -2.06. The summed E-state index contributed by atoms with van der Waals surface area (Å²) in [6, 6.07) is 3.74. The summed E-state index contributed by atoms with van der Waals surface area (Å²) in [5.41, 5.74) is 0. The van der Waals surface area contributed by atoms with Crippen LogP contribution in [0.4, 0.5) is 0 Å². The maximum atomic E-state index is 5.93. The minimum Gasteiger partial charge on any atom is -0.493 e. The van der Waals surface area contributed by atoms with Crippen LogP contribution in [0.3, 0.4) is 0 Å². The molecule has 1 aromatic carbocycles. The van der Waals surface area contributed by atoms with Crippen molar-refractivity contribution in [3.8, 4) is 11.5 Å². The molecule has 2 rings (SSSR count). The van der Waals surface area contributed by atoms with Gasteiger partial charge in [0.15, 0.2) is 11.5 Å². The van der Waals surface area contributed by atoms with Crippen molar-refractivity contribution in [1.82, 2.24) is 0 Å². The molecule has 0 saturated heterocycles. The Bertz CT molecular complexity index is 387. The number of hydrogen-bond donors (Lipinski definition) is 0. The Morgan fingerprint density at radius 2 is 2.23 bits per heavy atom. The Morgan fingerprint density at radius 3 is 2.92 bits per heavy atom. The molecule has 1 aliphatic rings. The molecule has 70 valence electrons. The molecule has 0 bridgehead atoms. The van der Waals surface area contributed by atoms with E-state index < -0.39 is 0 Å². The second-order valence-corrected chi connectivity index (χ2v) is 6.24. The molecule has 0 spiro atoms. The van der Waals surface area contributed by atoms with Crippen LogP contribution in [0.25, 0.3) is 0 Å². The van der Waals surface area contributed by atoms with Crippen LogP contribution in [0.1, 0.15) is 6.92 Å². The molecule has 4 heteroatoms. The monoisotopic (exact) mass is 310 g/mol. The van der Waals surface area contributed by atoms with Crippen molar-refractivity contribution in [3.05, 3.63) is 20.7 Å². The number of rotatable bonds is 1. The third kappa shape index (κ3) is 1.67. The Hall–Kier alpha value is -0.290. The van der Waals surface area contributed by atoms with Crippen molar-refractivity contribution < 1.29 is 9.47 Å². The van der Waals surface area contributed by atoms with Crippen LogP contribution in [0.5, 0.6) is 11.5 Å². The molecular formula is C9H8ClIO2. The molecule has 13 heavy (non-hydrogen) atoms. The fourth-order valence-corrected chi connectivity index (χ4v) is 3.81. The lowest BCUT2D eigenvalue weighted by atomic mass is 10.3. The first-order chi connectivity index (χ1) is 6.20. The molecule has 1 aromatic rings. The van der Waals surface area contributed by atoms with Gasteiger partial charge >= 0.3 is 0 Å². The topological polar surface area (TPSA) is 18.5 Å². The van der Waals surface area contributed by atoms with Crippen LogP contribution < -0.4 is 9.47 Å². The third-order valence-corrected chi connectivity index (χ3v) is 4.25. The first kappa shape index (κ1) is 9.27. The number of ether oxygens (including phenoxy) is 2. The van der Waals surface area contributed by atoms with Crippen LogP contribution in [-0.2, 0) is 0 Å². The van der Waals surface area contributed by atoms with E-state index in [1.807, 2.05) is 13.0 Å². The van der Waals surface area contributed by atoms with Gasteiger partial charge < -0.3 is 9.47 Å². The first-order valence-electron chi connectivity index (χ1n) is 3.74. The highest BCUT2D eigenvalue weighted by molar-refractivity contribution is 14.2. The van der Waals surface area contributed by atoms with E-state index in [2.05, 4.69) is 0 Å². The molecule has 0 saturated carbocycles. The standard InChI is InChI=1S/C9H8ClIO2/c1-5-11-7-3-6(10)4-8(12-2)9(7)13-5/h3-4H,1-2H3. The van der Waals surface area contributed by atoms with E-state index in [4.69, 9.17) is 21.1 Å². The average molecular weight is 311 g/mol. The number of fused-ring (bicyclic) bond motifs is 1. The van der Waals surface area contributed by atoms with E-state index in [1.54, 1.807) is 13.2 Å². The van der Waals surface area contributed by atoms with Gasteiger partial charge in [-0.25, -0.2) is 0 Å². The van der Waals surface area contributed by atoms with Crippen molar-refractivity contribution >= 4 is 36.0 Å². The van der Waals surface area contributed by atoms with Gasteiger partial charge in [0.1, 0.15) is 3.69 Å². The number of methoxy groups -OCH3 is 1. The Labute approximate surface area is 91.5 Å². The van der Waals surface area contributed by atoms with E-state index in [-0.39, 0.29) is 20.7 Å². The zero-order valence-electron chi connectivity index (χ0n) is 7.23. The van der Waals surface area contributed by atoms with Crippen LogP contribution in [0.15, 0.2) is 12.1 Å². The zero-order chi connectivity index (χ0) is 9.42. The maximum Gasteiger partial charge on any atom is 0.182 e. The normalized spacial score (nSPS) is 13.9. The minimum atomic E-state index is -0.150. The largest absolute Gasteiger partial charge is 0.493 e. The van der Waals surface area contributed by atoms with Crippen LogP contribution in [-0.4, -0.2) is 10.8 Å². The van der Waals surface area contributed by atoms with Crippen LogP contribution >= 0.6 is 32.3 Å². The van der Waals surface area contributed by atoms with E-state index in [0.717, 1.165) is 15.2 Å². The van der Waals surface area contributed by atoms with Gasteiger partial charge in [0.25, 0.3) is 0 Å². The van der Waals surface area contributed by atoms with E-state index in [9.17, 15) is 0 Å².